The van der Waals surface area contributed by atoms with E-state index >= 15 is 0 Å². The Morgan fingerprint density at radius 1 is 1.17 bits per heavy atom. The lowest BCUT2D eigenvalue weighted by molar-refractivity contribution is -0.141. The van der Waals surface area contributed by atoms with Gasteiger partial charge in [0.1, 0.15) is 6.54 Å². The van der Waals surface area contributed by atoms with Gasteiger partial charge in [0.05, 0.1) is 18.0 Å². The van der Waals surface area contributed by atoms with E-state index in [1.807, 2.05) is 0 Å². The van der Waals surface area contributed by atoms with Crippen LogP contribution in [0.4, 0.5) is 0 Å². The molecule has 0 fully saturated rings. The minimum absolute atomic E-state index is 0.357. The summed E-state index contributed by atoms with van der Waals surface area (Å²) in [5, 5.41) is 0.357. The molecule has 1 aromatic heterocycles. The van der Waals surface area contributed by atoms with E-state index in [2.05, 4.69) is 36.4 Å². The van der Waals surface area contributed by atoms with E-state index in [1.54, 1.807) is 24.3 Å². The number of para-hydroxylation sites is 1. The topological polar surface area (TPSA) is 81.2 Å². The summed E-state index contributed by atoms with van der Waals surface area (Å²) in [4.78, 5) is 37.2. The number of nitrogens with one attached hydrogen (secondary N) is 1. The number of terminal acetylenes is 1. The monoisotopic (exact) mass is 318 g/mol. The normalized spacial score (nSPS) is 9.09. The summed E-state index contributed by atoms with van der Waals surface area (Å²) in [7, 11) is 1.20. The lowest BCUT2D eigenvalue weighted by Crippen LogP contribution is -2.37. The van der Waals surface area contributed by atoms with Crippen LogP contribution in [0.3, 0.4) is 0 Å². The molecule has 2 rings (SSSR count). The molecule has 0 atom stereocenters. The maximum absolute atomic E-state index is 11.9. The Morgan fingerprint density at radius 2 is 1.74 bits per heavy atom. The number of aromatic amines is 1. The zero-order valence-corrected chi connectivity index (χ0v) is 13.7. The van der Waals surface area contributed by atoms with Gasteiger partial charge in [-0.2, -0.15) is 0 Å². The van der Waals surface area contributed by atoms with Gasteiger partial charge in [-0.15, -0.1) is 12.8 Å². The molecule has 0 spiro atoms. The number of aromatic nitrogens is 2. The molecule has 0 aliphatic carbocycles. The van der Waals surface area contributed by atoms with Gasteiger partial charge in [0.25, 0.3) is 5.56 Å². The van der Waals surface area contributed by atoms with Gasteiger partial charge in [-0.1, -0.05) is 38.8 Å². The lowest BCUT2D eigenvalue weighted by Gasteiger charge is -2.04. The van der Waals surface area contributed by atoms with E-state index in [9.17, 15) is 14.4 Å². The van der Waals surface area contributed by atoms with Crippen molar-refractivity contribution in [1.82, 2.24) is 9.55 Å². The molecular formula is C17H22N2O4. The third-order valence-electron chi connectivity index (χ3n) is 2.90. The fourth-order valence-corrected chi connectivity index (χ4v) is 1.54. The molecular weight excluding hydrogens is 296 g/mol. The second kappa shape index (κ2) is 10.9. The Balaban J connectivity index is 0.000000705. The Morgan fingerprint density at radius 3 is 2.26 bits per heavy atom. The molecule has 1 N–H and O–H groups in total. The largest absolute Gasteiger partial charge is 0.468 e. The Labute approximate surface area is 135 Å². The molecule has 1 aromatic carbocycles. The number of esters is 1. The molecule has 0 bridgehead atoms. The number of unbranched alkanes of at least 4 members (excludes halogenated alkanes) is 1. The van der Waals surface area contributed by atoms with Crippen LogP contribution in [0.25, 0.3) is 10.9 Å². The van der Waals surface area contributed by atoms with E-state index in [1.165, 1.54) is 20.0 Å². The average molecular weight is 318 g/mol. The smallest absolute Gasteiger partial charge is 0.329 e. The molecule has 0 saturated heterocycles. The summed E-state index contributed by atoms with van der Waals surface area (Å²) in [5.41, 5.74) is -0.683. The number of H-pyrrole nitrogens is 1. The fraction of sp³-hybridized carbons (Fsp3) is 0.353. The molecule has 0 unspecified atom stereocenters. The summed E-state index contributed by atoms with van der Waals surface area (Å²) in [6, 6.07) is 6.61. The van der Waals surface area contributed by atoms with Crippen molar-refractivity contribution in [1.29, 1.82) is 0 Å². The number of benzene rings is 1. The first-order valence-corrected chi connectivity index (χ1v) is 7.17. The van der Waals surface area contributed by atoms with E-state index in [0.717, 1.165) is 4.57 Å². The molecule has 0 radical (unpaired) electrons. The highest BCUT2D eigenvalue weighted by Gasteiger charge is 2.10. The van der Waals surface area contributed by atoms with E-state index in [4.69, 9.17) is 0 Å². The van der Waals surface area contributed by atoms with Gasteiger partial charge >= 0.3 is 11.7 Å². The van der Waals surface area contributed by atoms with Gasteiger partial charge in [-0.25, -0.2) is 9.36 Å². The number of carbonyl (C=O) groups is 1. The number of rotatable bonds is 3. The summed E-state index contributed by atoms with van der Waals surface area (Å²) in [5.74, 6) is -0.645. The van der Waals surface area contributed by atoms with Crippen LogP contribution in [0.2, 0.25) is 0 Å². The van der Waals surface area contributed by atoms with Crippen LogP contribution in [-0.2, 0) is 16.1 Å². The van der Waals surface area contributed by atoms with Crippen LogP contribution >= 0.6 is 0 Å². The number of hydrogen-bond acceptors (Lipinski definition) is 4. The van der Waals surface area contributed by atoms with Crippen molar-refractivity contribution in [2.24, 2.45) is 0 Å². The van der Waals surface area contributed by atoms with Gasteiger partial charge in [-0.3, -0.25) is 9.59 Å². The molecule has 23 heavy (non-hydrogen) atoms. The second-order valence-corrected chi connectivity index (χ2v) is 4.44. The van der Waals surface area contributed by atoms with Crippen molar-refractivity contribution >= 4 is 16.9 Å². The van der Waals surface area contributed by atoms with Crippen molar-refractivity contribution in [2.45, 2.75) is 33.2 Å². The van der Waals surface area contributed by atoms with Crippen LogP contribution in [0.15, 0.2) is 33.9 Å². The summed E-state index contributed by atoms with van der Waals surface area (Å²) in [6.07, 6.45) is 10.6. The maximum Gasteiger partial charge on any atom is 0.329 e. The first kappa shape index (κ1) is 20.2. The zero-order valence-electron chi connectivity index (χ0n) is 13.7. The summed E-state index contributed by atoms with van der Waals surface area (Å²) >= 11 is 0. The van der Waals surface area contributed by atoms with Crippen LogP contribution in [0.5, 0.6) is 0 Å². The van der Waals surface area contributed by atoms with Crippen LogP contribution in [0, 0.1) is 12.8 Å². The van der Waals surface area contributed by atoms with Gasteiger partial charge in [-0.05, 0) is 12.1 Å². The molecule has 0 aliphatic rings. The van der Waals surface area contributed by atoms with Crippen molar-refractivity contribution in [2.75, 3.05) is 7.11 Å². The van der Waals surface area contributed by atoms with Crippen LogP contribution < -0.4 is 11.2 Å². The molecule has 2 aromatic rings. The predicted molar refractivity (Wildman–Crippen MR) is 91.3 cm³/mol. The third kappa shape index (κ3) is 5.83. The number of fused-ring (bicyclic) bond motifs is 1. The number of nitrogens with zero attached hydrogens (tertiary/aromatic N) is 1. The SMILES string of the molecule is C#C.CCCC.COC(=O)Cn1c(=O)[nH]c2ccccc2c1=O. The molecule has 1 heterocycles. The van der Waals surface area contributed by atoms with Gasteiger partial charge in [0, 0.05) is 0 Å². The zero-order chi connectivity index (χ0) is 17.8. The Bertz CT molecular complexity index is 754. The minimum Gasteiger partial charge on any atom is -0.468 e. The van der Waals surface area contributed by atoms with E-state index in [-0.39, 0.29) is 0 Å². The molecule has 6 nitrogen and oxygen atoms in total. The molecule has 0 saturated carbocycles. The number of carbonyl (C=O) groups excluding carboxylic acids is 1. The highest BCUT2D eigenvalue weighted by Crippen LogP contribution is 2.02. The standard InChI is InChI=1S/C11H10N2O4.C4H10.C2H2/c1-17-9(14)6-13-10(15)7-4-2-3-5-8(7)12-11(13)16;1-3-4-2;1-2/h2-5H,6H2,1H3,(H,12,16);3-4H2,1-2H3;1-2H. The Kier molecular flexibility index (Phi) is 9.53. The number of methoxy groups -OCH3 is 1. The first-order valence-electron chi connectivity index (χ1n) is 7.17. The van der Waals surface area contributed by atoms with Gasteiger partial charge in [0.2, 0.25) is 0 Å². The minimum atomic E-state index is -0.645. The van der Waals surface area contributed by atoms with Crippen LogP contribution in [0.1, 0.15) is 26.7 Å². The molecule has 6 heteroatoms. The van der Waals surface area contributed by atoms with Crippen molar-refractivity contribution in [3.63, 3.8) is 0 Å². The highest BCUT2D eigenvalue weighted by molar-refractivity contribution is 5.77. The average Bonchev–Trinajstić information content (AvgIpc) is 2.60. The van der Waals surface area contributed by atoms with Crippen molar-refractivity contribution in [3.05, 3.63) is 45.1 Å². The maximum atomic E-state index is 11.9. The summed E-state index contributed by atoms with van der Waals surface area (Å²) < 4.78 is 5.24. The number of hydrogen-bond donors (Lipinski definition) is 1. The summed E-state index contributed by atoms with van der Waals surface area (Å²) in [6.45, 7) is 3.97. The fourth-order valence-electron chi connectivity index (χ4n) is 1.54. The molecule has 0 aliphatic heterocycles. The molecule has 0 amide bonds. The third-order valence-corrected chi connectivity index (χ3v) is 2.90. The van der Waals surface area contributed by atoms with E-state index < -0.39 is 23.8 Å². The first-order chi connectivity index (χ1) is 11.0. The number of ether oxygens (including phenoxy) is 1. The Hall–Kier alpha value is -2.81. The van der Waals surface area contributed by atoms with Crippen LogP contribution in [-0.4, -0.2) is 22.6 Å². The van der Waals surface area contributed by atoms with Crippen molar-refractivity contribution in [3.8, 4) is 12.8 Å². The predicted octanol–water partition coefficient (Wildman–Crippen LogP) is 1.92. The lowest BCUT2D eigenvalue weighted by atomic mass is 10.2. The van der Waals surface area contributed by atoms with Gasteiger partial charge in [0.15, 0.2) is 0 Å². The van der Waals surface area contributed by atoms with E-state index in [0.29, 0.717) is 10.9 Å². The highest BCUT2D eigenvalue weighted by atomic mass is 16.5. The second-order valence-electron chi connectivity index (χ2n) is 4.44. The van der Waals surface area contributed by atoms with Gasteiger partial charge < -0.3 is 9.72 Å². The molecule has 124 valence electrons. The quantitative estimate of drug-likeness (QED) is 0.692. The van der Waals surface area contributed by atoms with Crippen molar-refractivity contribution < 1.29 is 9.53 Å².